The highest BCUT2D eigenvalue weighted by molar-refractivity contribution is 5.99. The van der Waals surface area contributed by atoms with Crippen LogP contribution in [-0.2, 0) is 6.54 Å². The van der Waals surface area contributed by atoms with Crippen molar-refractivity contribution in [1.29, 1.82) is 0 Å². The molecular weight excluding hydrogens is 320 g/mol. The first-order valence-corrected chi connectivity index (χ1v) is 8.73. The Bertz CT molecular complexity index is 714. The summed E-state index contributed by atoms with van der Waals surface area (Å²) in [6.07, 6.45) is 3.68. The smallest absolute Gasteiger partial charge is 0.256 e. The van der Waals surface area contributed by atoms with Crippen molar-refractivity contribution < 1.29 is 14.4 Å². The Labute approximate surface area is 147 Å². The Morgan fingerprint density at radius 3 is 3.00 bits per heavy atom. The lowest BCUT2D eigenvalue weighted by Crippen LogP contribution is -2.44. The summed E-state index contributed by atoms with van der Waals surface area (Å²) in [4.78, 5) is 19.1. The number of carbonyl (C=O) groups excluding carboxylic acids is 1. The molecule has 0 aliphatic carbocycles. The number of amides is 1. The van der Waals surface area contributed by atoms with Gasteiger partial charge in [0.1, 0.15) is 0 Å². The van der Waals surface area contributed by atoms with Gasteiger partial charge in [-0.1, -0.05) is 17.3 Å². The summed E-state index contributed by atoms with van der Waals surface area (Å²) >= 11 is 0. The summed E-state index contributed by atoms with van der Waals surface area (Å²) in [5.74, 6) is 1.07. The number of aromatic nitrogens is 2. The number of aliphatic hydroxyl groups is 1. The van der Waals surface area contributed by atoms with E-state index in [-0.39, 0.29) is 18.6 Å². The summed E-state index contributed by atoms with van der Waals surface area (Å²) in [6, 6.07) is 7.56. The van der Waals surface area contributed by atoms with Gasteiger partial charge in [-0.2, -0.15) is 4.98 Å². The van der Waals surface area contributed by atoms with Crippen LogP contribution >= 0.6 is 0 Å². The van der Waals surface area contributed by atoms with Crippen LogP contribution in [0.5, 0.6) is 0 Å². The number of benzene rings is 1. The molecule has 7 heteroatoms. The van der Waals surface area contributed by atoms with Crippen molar-refractivity contribution in [3.05, 3.63) is 41.5 Å². The minimum absolute atomic E-state index is 0.00274. The van der Waals surface area contributed by atoms with Gasteiger partial charge in [-0.3, -0.25) is 4.79 Å². The first-order valence-electron chi connectivity index (χ1n) is 8.73. The Morgan fingerprint density at radius 1 is 1.40 bits per heavy atom. The van der Waals surface area contributed by atoms with Crippen LogP contribution in [0.4, 0.5) is 5.69 Å². The highest BCUT2D eigenvalue weighted by Gasteiger charge is 2.28. The number of hydrogen-bond acceptors (Lipinski definition) is 6. The zero-order valence-electron chi connectivity index (χ0n) is 14.4. The van der Waals surface area contributed by atoms with Gasteiger partial charge in [0.25, 0.3) is 5.91 Å². The van der Waals surface area contributed by atoms with Gasteiger partial charge in [-0.15, -0.1) is 0 Å². The number of rotatable bonds is 6. The molecule has 1 aliphatic heterocycles. The lowest BCUT2D eigenvalue weighted by atomic mass is 9.98. The molecule has 134 valence electrons. The van der Waals surface area contributed by atoms with Crippen molar-refractivity contribution in [2.24, 2.45) is 0 Å². The van der Waals surface area contributed by atoms with Gasteiger partial charge in [0.2, 0.25) is 5.89 Å². The molecule has 0 saturated carbocycles. The monoisotopic (exact) mass is 344 g/mol. The topological polar surface area (TPSA) is 91.5 Å². The number of piperidine rings is 1. The normalized spacial score (nSPS) is 17.5. The number of nitrogens with zero attached hydrogens (tertiary/aromatic N) is 3. The quantitative estimate of drug-likeness (QED) is 0.836. The van der Waals surface area contributed by atoms with E-state index in [4.69, 9.17) is 4.52 Å². The average molecular weight is 344 g/mol. The average Bonchev–Trinajstić information content (AvgIpc) is 3.06. The van der Waals surface area contributed by atoms with Crippen LogP contribution < -0.4 is 5.32 Å². The SMILES string of the molecule is Cc1noc(CNc2ccccc2C(=O)N2CCCCC2CCO)n1. The third-order valence-electron chi connectivity index (χ3n) is 4.51. The van der Waals surface area contributed by atoms with Gasteiger partial charge in [-0.25, -0.2) is 0 Å². The molecule has 0 spiro atoms. The Morgan fingerprint density at radius 2 is 2.24 bits per heavy atom. The Balaban J connectivity index is 1.75. The first kappa shape index (κ1) is 17.4. The van der Waals surface area contributed by atoms with Crippen molar-refractivity contribution in [2.45, 2.75) is 45.2 Å². The first-order chi connectivity index (χ1) is 12.2. The molecule has 1 saturated heterocycles. The summed E-state index contributed by atoms with van der Waals surface area (Å²) in [5, 5.41) is 16.3. The van der Waals surface area contributed by atoms with E-state index in [2.05, 4.69) is 15.5 Å². The number of likely N-dealkylation sites (tertiary alicyclic amines) is 1. The molecule has 1 fully saturated rings. The summed E-state index contributed by atoms with van der Waals surface area (Å²) < 4.78 is 5.10. The maximum absolute atomic E-state index is 13.1. The number of hydrogen-bond donors (Lipinski definition) is 2. The predicted octanol–water partition coefficient (Wildman–Crippen LogP) is 2.37. The molecule has 0 bridgehead atoms. The standard InChI is InChI=1S/C18H24N4O3/c1-13-20-17(25-21-13)12-19-16-8-3-2-7-15(16)18(24)22-10-5-4-6-14(22)9-11-23/h2-3,7-8,14,19,23H,4-6,9-12H2,1H3. The van der Waals surface area contributed by atoms with Crippen LogP contribution in [0.3, 0.4) is 0 Å². The molecule has 25 heavy (non-hydrogen) atoms. The lowest BCUT2D eigenvalue weighted by Gasteiger charge is -2.36. The number of aryl methyl sites for hydroxylation is 1. The van der Waals surface area contributed by atoms with Crippen molar-refractivity contribution in [2.75, 3.05) is 18.5 Å². The maximum atomic E-state index is 13.1. The maximum Gasteiger partial charge on any atom is 0.256 e. The third kappa shape index (κ3) is 4.17. The summed E-state index contributed by atoms with van der Waals surface area (Å²) in [6.45, 7) is 2.97. The zero-order valence-corrected chi connectivity index (χ0v) is 14.4. The van der Waals surface area contributed by atoms with Crippen LogP contribution in [0.1, 0.15) is 47.8 Å². The molecule has 1 aromatic heterocycles. The number of para-hydroxylation sites is 1. The molecular formula is C18H24N4O3. The fraction of sp³-hybridized carbons (Fsp3) is 0.500. The molecule has 1 amide bonds. The molecule has 0 radical (unpaired) electrons. The largest absolute Gasteiger partial charge is 0.396 e. The zero-order chi connectivity index (χ0) is 17.6. The molecule has 2 N–H and O–H groups in total. The predicted molar refractivity (Wildman–Crippen MR) is 93.2 cm³/mol. The van der Waals surface area contributed by atoms with E-state index in [9.17, 15) is 9.90 Å². The van der Waals surface area contributed by atoms with E-state index in [1.54, 1.807) is 6.92 Å². The molecule has 2 aromatic rings. The molecule has 3 rings (SSSR count). The fourth-order valence-electron chi connectivity index (χ4n) is 3.28. The van der Waals surface area contributed by atoms with Gasteiger partial charge in [0.15, 0.2) is 5.82 Å². The minimum Gasteiger partial charge on any atom is -0.396 e. The number of nitrogens with one attached hydrogen (secondary N) is 1. The summed E-state index contributed by atoms with van der Waals surface area (Å²) in [7, 11) is 0. The fourth-order valence-corrected chi connectivity index (χ4v) is 3.28. The van der Waals surface area contributed by atoms with Crippen LogP contribution in [0.15, 0.2) is 28.8 Å². The van der Waals surface area contributed by atoms with E-state index in [1.807, 2.05) is 29.2 Å². The van der Waals surface area contributed by atoms with E-state index < -0.39 is 0 Å². The Hall–Kier alpha value is -2.41. The van der Waals surface area contributed by atoms with Gasteiger partial charge < -0.3 is 19.8 Å². The van der Waals surface area contributed by atoms with Crippen molar-refractivity contribution in [3.8, 4) is 0 Å². The second-order valence-corrected chi connectivity index (χ2v) is 6.29. The molecule has 7 nitrogen and oxygen atoms in total. The second-order valence-electron chi connectivity index (χ2n) is 6.29. The van der Waals surface area contributed by atoms with Crippen molar-refractivity contribution in [3.63, 3.8) is 0 Å². The molecule has 1 unspecified atom stereocenters. The summed E-state index contributed by atoms with van der Waals surface area (Å²) in [5.41, 5.74) is 1.38. The van der Waals surface area contributed by atoms with Crippen LogP contribution in [0, 0.1) is 6.92 Å². The molecule has 1 atom stereocenters. The number of carbonyl (C=O) groups is 1. The Kier molecular flexibility index (Phi) is 5.65. The number of anilines is 1. The molecule has 2 heterocycles. The second kappa shape index (κ2) is 8.11. The van der Waals surface area contributed by atoms with Gasteiger partial charge >= 0.3 is 0 Å². The highest BCUT2D eigenvalue weighted by Crippen LogP contribution is 2.25. The van der Waals surface area contributed by atoms with E-state index in [0.717, 1.165) is 31.5 Å². The highest BCUT2D eigenvalue weighted by atomic mass is 16.5. The van der Waals surface area contributed by atoms with E-state index in [1.165, 1.54) is 0 Å². The third-order valence-corrected chi connectivity index (χ3v) is 4.51. The van der Waals surface area contributed by atoms with Crippen LogP contribution in [0.2, 0.25) is 0 Å². The van der Waals surface area contributed by atoms with Crippen LogP contribution in [-0.4, -0.2) is 45.2 Å². The van der Waals surface area contributed by atoms with Crippen molar-refractivity contribution >= 4 is 11.6 Å². The van der Waals surface area contributed by atoms with Crippen LogP contribution in [0.25, 0.3) is 0 Å². The number of aliphatic hydroxyl groups excluding tert-OH is 1. The van der Waals surface area contributed by atoms with Gasteiger partial charge in [0, 0.05) is 24.9 Å². The molecule has 1 aromatic carbocycles. The molecule has 1 aliphatic rings. The minimum atomic E-state index is 0.00274. The van der Waals surface area contributed by atoms with E-state index in [0.29, 0.717) is 30.2 Å². The van der Waals surface area contributed by atoms with Crippen molar-refractivity contribution in [1.82, 2.24) is 15.0 Å². The van der Waals surface area contributed by atoms with E-state index >= 15 is 0 Å². The van der Waals surface area contributed by atoms with Gasteiger partial charge in [-0.05, 0) is 44.7 Å². The lowest BCUT2D eigenvalue weighted by molar-refractivity contribution is 0.0575. The van der Waals surface area contributed by atoms with Gasteiger partial charge in [0.05, 0.1) is 12.1 Å².